The van der Waals surface area contributed by atoms with Gasteiger partial charge in [0.1, 0.15) is 0 Å². The number of rotatable bonds is 8. The first-order valence-electron chi connectivity index (χ1n) is 6.83. The predicted octanol–water partition coefficient (Wildman–Crippen LogP) is 1.83. The van der Waals surface area contributed by atoms with Gasteiger partial charge >= 0.3 is 0 Å². The zero-order valence-electron chi connectivity index (χ0n) is 11.6. The fraction of sp³-hybridized carbons (Fsp3) is 1.00. The third-order valence-corrected chi connectivity index (χ3v) is 4.76. The first-order chi connectivity index (χ1) is 8.27. The predicted molar refractivity (Wildman–Crippen MR) is 76.9 cm³/mol. The second kappa shape index (κ2) is 9.20. The Morgan fingerprint density at radius 3 is 3.06 bits per heavy atom. The van der Waals surface area contributed by atoms with E-state index in [0.717, 1.165) is 31.4 Å². The van der Waals surface area contributed by atoms with Crippen LogP contribution in [0.15, 0.2) is 0 Å². The summed E-state index contributed by atoms with van der Waals surface area (Å²) < 4.78 is 5.04. The quantitative estimate of drug-likeness (QED) is 0.673. The van der Waals surface area contributed by atoms with Crippen molar-refractivity contribution < 1.29 is 4.74 Å². The normalized spacial score (nSPS) is 23.8. The average molecular weight is 260 g/mol. The molecule has 1 heterocycles. The van der Waals surface area contributed by atoms with Crippen molar-refractivity contribution in [3.8, 4) is 0 Å². The van der Waals surface area contributed by atoms with Gasteiger partial charge in [-0.25, -0.2) is 0 Å². The van der Waals surface area contributed by atoms with Crippen LogP contribution in [0.25, 0.3) is 0 Å². The number of thioether (sulfide) groups is 1. The Balaban J connectivity index is 2.11. The molecule has 3 nitrogen and oxygen atoms in total. The molecule has 0 radical (unpaired) electrons. The fourth-order valence-electron chi connectivity index (χ4n) is 2.17. The summed E-state index contributed by atoms with van der Waals surface area (Å²) in [5.41, 5.74) is 0. The minimum Gasteiger partial charge on any atom is -0.385 e. The number of ether oxygens (including phenoxy) is 1. The molecule has 1 saturated heterocycles. The molecular formula is C13H28N2OS. The van der Waals surface area contributed by atoms with Crippen LogP contribution >= 0.6 is 11.8 Å². The van der Waals surface area contributed by atoms with Gasteiger partial charge in [0.05, 0.1) is 0 Å². The van der Waals surface area contributed by atoms with E-state index < -0.39 is 0 Å². The van der Waals surface area contributed by atoms with Crippen molar-refractivity contribution in [2.75, 3.05) is 45.6 Å². The molecule has 0 amide bonds. The van der Waals surface area contributed by atoms with Gasteiger partial charge in [-0.05, 0) is 26.3 Å². The van der Waals surface area contributed by atoms with Gasteiger partial charge in [0, 0.05) is 50.4 Å². The second-order valence-electron chi connectivity index (χ2n) is 4.80. The highest BCUT2D eigenvalue weighted by Crippen LogP contribution is 2.22. The van der Waals surface area contributed by atoms with Crippen molar-refractivity contribution in [2.45, 2.75) is 38.0 Å². The van der Waals surface area contributed by atoms with Crippen LogP contribution in [0.5, 0.6) is 0 Å². The van der Waals surface area contributed by atoms with Gasteiger partial charge in [-0.15, -0.1) is 0 Å². The number of methoxy groups -OCH3 is 1. The maximum Gasteiger partial charge on any atom is 0.0474 e. The zero-order valence-corrected chi connectivity index (χ0v) is 12.4. The molecule has 0 aromatic heterocycles. The third kappa shape index (κ3) is 6.09. The Bertz CT molecular complexity index is 192. The molecule has 1 fully saturated rings. The number of nitrogens with one attached hydrogen (secondary N) is 1. The van der Waals surface area contributed by atoms with Gasteiger partial charge in [-0.3, -0.25) is 4.90 Å². The Morgan fingerprint density at radius 1 is 1.53 bits per heavy atom. The first kappa shape index (κ1) is 15.3. The van der Waals surface area contributed by atoms with Gasteiger partial charge in [-0.2, -0.15) is 11.8 Å². The molecule has 0 spiro atoms. The summed E-state index contributed by atoms with van der Waals surface area (Å²) in [4.78, 5) is 2.63. The number of nitrogens with zero attached hydrogens (tertiary/aromatic N) is 1. The number of hydrogen-bond acceptors (Lipinski definition) is 4. The van der Waals surface area contributed by atoms with E-state index >= 15 is 0 Å². The molecule has 0 saturated carbocycles. The lowest BCUT2D eigenvalue weighted by Crippen LogP contribution is -2.47. The van der Waals surface area contributed by atoms with Crippen molar-refractivity contribution in [1.82, 2.24) is 10.2 Å². The van der Waals surface area contributed by atoms with Crippen molar-refractivity contribution in [2.24, 2.45) is 0 Å². The monoisotopic (exact) mass is 260 g/mol. The van der Waals surface area contributed by atoms with E-state index in [2.05, 4.69) is 35.8 Å². The smallest absolute Gasteiger partial charge is 0.0474 e. The Morgan fingerprint density at radius 2 is 2.35 bits per heavy atom. The zero-order chi connectivity index (χ0) is 12.5. The molecular weight excluding hydrogens is 232 g/mol. The Hall–Kier alpha value is 0.230. The van der Waals surface area contributed by atoms with E-state index in [4.69, 9.17) is 4.74 Å². The summed E-state index contributed by atoms with van der Waals surface area (Å²) in [5.74, 6) is 1.30. The molecule has 2 unspecified atom stereocenters. The summed E-state index contributed by atoms with van der Waals surface area (Å²) in [6.07, 6.45) is 2.41. The average Bonchev–Trinajstić information content (AvgIpc) is 2.38. The van der Waals surface area contributed by atoms with Gasteiger partial charge in [0.25, 0.3) is 0 Å². The summed E-state index contributed by atoms with van der Waals surface area (Å²) in [6.45, 7) is 10.2. The van der Waals surface area contributed by atoms with E-state index in [1.807, 2.05) is 0 Å². The molecule has 102 valence electrons. The highest BCUT2D eigenvalue weighted by molar-refractivity contribution is 8.00. The lowest BCUT2D eigenvalue weighted by atomic mass is 10.2. The molecule has 0 bridgehead atoms. The van der Waals surface area contributed by atoms with E-state index in [-0.39, 0.29) is 0 Å². The molecule has 1 aliphatic rings. The van der Waals surface area contributed by atoms with Gasteiger partial charge in [0.15, 0.2) is 0 Å². The fourth-order valence-corrected chi connectivity index (χ4v) is 3.38. The maximum atomic E-state index is 5.04. The Kier molecular flexibility index (Phi) is 8.27. The molecule has 2 atom stereocenters. The van der Waals surface area contributed by atoms with E-state index in [9.17, 15) is 0 Å². The van der Waals surface area contributed by atoms with Crippen molar-refractivity contribution >= 4 is 11.8 Å². The van der Waals surface area contributed by atoms with E-state index in [1.165, 1.54) is 25.3 Å². The summed E-state index contributed by atoms with van der Waals surface area (Å²) in [5, 5.41) is 4.37. The molecule has 1 N–H and O–H groups in total. The third-order valence-electron chi connectivity index (χ3n) is 3.39. The lowest BCUT2D eigenvalue weighted by molar-refractivity contribution is 0.188. The molecule has 0 aromatic rings. The van der Waals surface area contributed by atoms with E-state index in [1.54, 1.807) is 7.11 Å². The molecule has 1 aliphatic heterocycles. The summed E-state index contributed by atoms with van der Waals surface area (Å²) in [6, 6.07) is 0.660. The van der Waals surface area contributed by atoms with Crippen LogP contribution in [0.1, 0.15) is 26.7 Å². The molecule has 1 rings (SSSR count). The van der Waals surface area contributed by atoms with Crippen LogP contribution in [0.2, 0.25) is 0 Å². The topological polar surface area (TPSA) is 24.5 Å². The van der Waals surface area contributed by atoms with Gasteiger partial charge in [-0.1, -0.05) is 6.92 Å². The molecule has 17 heavy (non-hydrogen) atoms. The minimum atomic E-state index is 0.660. The molecule has 0 aliphatic carbocycles. The summed E-state index contributed by atoms with van der Waals surface area (Å²) in [7, 11) is 1.76. The minimum absolute atomic E-state index is 0.660. The highest BCUT2D eigenvalue weighted by Gasteiger charge is 2.22. The van der Waals surface area contributed by atoms with Crippen LogP contribution in [0.3, 0.4) is 0 Å². The standard InChI is InChI=1S/C13H28N2OS/c1-4-13-11-15(7-9-17-13)12(2)10-14-6-5-8-16-3/h12-14H,4-11H2,1-3H3. The number of hydrogen-bond donors (Lipinski definition) is 1. The lowest BCUT2D eigenvalue weighted by Gasteiger charge is -2.36. The van der Waals surface area contributed by atoms with Crippen LogP contribution < -0.4 is 5.32 Å². The largest absolute Gasteiger partial charge is 0.385 e. The van der Waals surface area contributed by atoms with Crippen LogP contribution in [-0.2, 0) is 4.74 Å². The first-order valence-corrected chi connectivity index (χ1v) is 7.88. The highest BCUT2D eigenvalue weighted by atomic mass is 32.2. The summed E-state index contributed by atoms with van der Waals surface area (Å²) >= 11 is 2.14. The van der Waals surface area contributed by atoms with Crippen LogP contribution in [0.4, 0.5) is 0 Å². The molecule has 4 heteroatoms. The van der Waals surface area contributed by atoms with Gasteiger partial charge in [0.2, 0.25) is 0 Å². The van der Waals surface area contributed by atoms with Crippen molar-refractivity contribution in [3.63, 3.8) is 0 Å². The van der Waals surface area contributed by atoms with Crippen molar-refractivity contribution in [1.29, 1.82) is 0 Å². The SMILES string of the molecule is CCC1CN(C(C)CNCCCOC)CCS1. The molecule has 0 aromatic carbocycles. The van der Waals surface area contributed by atoms with Crippen LogP contribution in [0, 0.1) is 0 Å². The maximum absolute atomic E-state index is 5.04. The van der Waals surface area contributed by atoms with E-state index in [0.29, 0.717) is 6.04 Å². The Labute approximate surface area is 111 Å². The van der Waals surface area contributed by atoms with Crippen molar-refractivity contribution in [3.05, 3.63) is 0 Å². The second-order valence-corrected chi connectivity index (χ2v) is 6.20. The van der Waals surface area contributed by atoms with Gasteiger partial charge < -0.3 is 10.1 Å². The van der Waals surface area contributed by atoms with Crippen LogP contribution in [-0.4, -0.2) is 61.8 Å².